The van der Waals surface area contributed by atoms with E-state index < -0.39 is 0 Å². The zero-order chi connectivity index (χ0) is 15.9. The van der Waals surface area contributed by atoms with Gasteiger partial charge in [0.15, 0.2) is 0 Å². The number of aromatic nitrogens is 3. The summed E-state index contributed by atoms with van der Waals surface area (Å²) in [6.07, 6.45) is 10.4. The fraction of sp³-hybridized carbons (Fsp3) is 0.812. The zero-order valence-corrected chi connectivity index (χ0v) is 13.9. The van der Waals surface area contributed by atoms with Crippen molar-refractivity contribution in [3.8, 4) is 0 Å². The lowest BCUT2D eigenvalue weighted by Crippen LogP contribution is -2.50. The molecule has 0 atom stereocenters. The first-order valence-electron chi connectivity index (χ1n) is 8.92. The number of urea groups is 1. The van der Waals surface area contributed by atoms with Crippen LogP contribution in [0.25, 0.3) is 0 Å². The van der Waals surface area contributed by atoms with Gasteiger partial charge < -0.3 is 15.1 Å². The largest absolute Gasteiger partial charge is 0.338 e. The molecule has 2 fully saturated rings. The van der Waals surface area contributed by atoms with Crippen molar-refractivity contribution >= 4 is 6.03 Å². The summed E-state index contributed by atoms with van der Waals surface area (Å²) in [4.78, 5) is 20.7. The van der Waals surface area contributed by atoms with Crippen LogP contribution in [0.1, 0.15) is 38.5 Å². The van der Waals surface area contributed by atoms with Crippen molar-refractivity contribution < 1.29 is 4.79 Å². The van der Waals surface area contributed by atoms with Gasteiger partial charge in [-0.3, -0.25) is 4.68 Å². The average Bonchev–Trinajstić information content (AvgIpc) is 3.13. The van der Waals surface area contributed by atoms with E-state index in [0.717, 1.165) is 38.9 Å². The summed E-state index contributed by atoms with van der Waals surface area (Å²) < 4.78 is 1.79. The van der Waals surface area contributed by atoms with Crippen LogP contribution in [0.5, 0.6) is 0 Å². The minimum absolute atomic E-state index is 0.0840. The first-order chi connectivity index (χ1) is 11.3. The summed E-state index contributed by atoms with van der Waals surface area (Å²) in [5.74, 6) is 0. The highest BCUT2D eigenvalue weighted by molar-refractivity contribution is 5.74. The molecule has 0 aromatic carbocycles. The molecule has 1 N–H and O–H groups in total. The molecule has 1 aromatic heterocycles. The van der Waals surface area contributed by atoms with E-state index in [-0.39, 0.29) is 6.03 Å². The molecule has 1 aromatic rings. The van der Waals surface area contributed by atoms with E-state index in [1.54, 1.807) is 11.0 Å². The van der Waals surface area contributed by atoms with Crippen molar-refractivity contribution in [1.29, 1.82) is 0 Å². The first kappa shape index (κ1) is 16.2. The first-order valence-corrected chi connectivity index (χ1v) is 8.92. The standard InChI is InChI=1S/C16H28N6O/c23-16(18-7-4-10-22-14-17-13-19-22)21-11-5-15(6-12-21)20-8-2-1-3-9-20/h13-15H,1-12H2,(H,18,23). The summed E-state index contributed by atoms with van der Waals surface area (Å²) in [5, 5.41) is 7.07. The molecule has 2 aliphatic rings. The number of likely N-dealkylation sites (tertiary alicyclic amines) is 2. The van der Waals surface area contributed by atoms with E-state index in [0.29, 0.717) is 12.6 Å². The summed E-state index contributed by atoms with van der Waals surface area (Å²) in [5.41, 5.74) is 0. The van der Waals surface area contributed by atoms with Gasteiger partial charge in [0.25, 0.3) is 0 Å². The molecule has 0 saturated carbocycles. The van der Waals surface area contributed by atoms with Crippen molar-refractivity contribution in [3.05, 3.63) is 12.7 Å². The second kappa shape index (κ2) is 8.29. The van der Waals surface area contributed by atoms with Crippen LogP contribution in [0.3, 0.4) is 0 Å². The maximum atomic E-state index is 12.2. The average molecular weight is 320 g/mol. The van der Waals surface area contributed by atoms with Crippen molar-refractivity contribution in [2.45, 2.75) is 51.1 Å². The fourth-order valence-corrected chi connectivity index (χ4v) is 3.61. The Morgan fingerprint density at radius 1 is 1.13 bits per heavy atom. The van der Waals surface area contributed by atoms with Crippen molar-refractivity contribution in [1.82, 2.24) is 29.9 Å². The van der Waals surface area contributed by atoms with Crippen molar-refractivity contribution in [3.63, 3.8) is 0 Å². The minimum atomic E-state index is 0.0840. The Kier molecular flexibility index (Phi) is 5.85. The number of nitrogens with one attached hydrogen (secondary N) is 1. The van der Waals surface area contributed by atoms with Gasteiger partial charge >= 0.3 is 6.03 Å². The summed E-state index contributed by atoms with van der Waals surface area (Å²) in [7, 11) is 0. The van der Waals surface area contributed by atoms with Crippen molar-refractivity contribution in [2.75, 3.05) is 32.7 Å². The van der Waals surface area contributed by atoms with Gasteiger partial charge in [0.1, 0.15) is 12.7 Å². The van der Waals surface area contributed by atoms with Crippen LogP contribution in [-0.2, 0) is 6.54 Å². The zero-order valence-electron chi connectivity index (χ0n) is 13.9. The van der Waals surface area contributed by atoms with Crippen LogP contribution in [0, 0.1) is 0 Å². The van der Waals surface area contributed by atoms with Gasteiger partial charge in [0, 0.05) is 32.2 Å². The van der Waals surface area contributed by atoms with Crippen LogP contribution in [-0.4, -0.2) is 69.4 Å². The maximum Gasteiger partial charge on any atom is 0.317 e. The van der Waals surface area contributed by atoms with E-state index in [1.807, 2.05) is 4.90 Å². The van der Waals surface area contributed by atoms with Crippen LogP contribution in [0.15, 0.2) is 12.7 Å². The Morgan fingerprint density at radius 2 is 1.91 bits per heavy atom. The molecule has 2 amide bonds. The molecule has 0 unspecified atom stereocenters. The lowest BCUT2D eigenvalue weighted by Gasteiger charge is -2.40. The third kappa shape index (κ3) is 4.67. The maximum absolute atomic E-state index is 12.2. The fourth-order valence-electron chi connectivity index (χ4n) is 3.61. The van der Waals surface area contributed by atoms with Gasteiger partial charge in [-0.15, -0.1) is 0 Å². The highest BCUT2D eigenvalue weighted by Crippen LogP contribution is 2.20. The summed E-state index contributed by atoms with van der Waals surface area (Å²) in [6, 6.07) is 0.771. The molecular formula is C16H28N6O. The summed E-state index contributed by atoms with van der Waals surface area (Å²) >= 11 is 0. The smallest absolute Gasteiger partial charge is 0.317 e. The molecule has 7 heteroatoms. The highest BCUT2D eigenvalue weighted by atomic mass is 16.2. The van der Waals surface area contributed by atoms with Gasteiger partial charge in [-0.2, -0.15) is 5.10 Å². The number of amides is 2. The molecule has 2 aliphatic heterocycles. The van der Waals surface area contributed by atoms with Gasteiger partial charge in [0.05, 0.1) is 0 Å². The van der Waals surface area contributed by atoms with Gasteiger partial charge in [-0.25, -0.2) is 9.78 Å². The number of nitrogens with zero attached hydrogens (tertiary/aromatic N) is 5. The number of hydrogen-bond acceptors (Lipinski definition) is 4. The third-order valence-electron chi connectivity index (χ3n) is 4.97. The molecule has 0 bridgehead atoms. The second-order valence-electron chi connectivity index (χ2n) is 6.56. The Labute approximate surface area is 138 Å². The van der Waals surface area contributed by atoms with E-state index in [1.165, 1.54) is 38.7 Å². The molecule has 3 heterocycles. The highest BCUT2D eigenvalue weighted by Gasteiger charge is 2.27. The topological polar surface area (TPSA) is 66.3 Å². The number of aryl methyl sites for hydroxylation is 1. The lowest BCUT2D eigenvalue weighted by atomic mass is 10.0. The number of hydrogen-bond donors (Lipinski definition) is 1. The van der Waals surface area contributed by atoms with Gasteiger partial charge in [-0.1, -0.05) is 6.42 Å². The van der Waals surface area contributed by atoms with Crippen LogP contribution in [0.4, 0.5) is 4.79 Å². The van der Waals surface area contributed by atoms with Crippen molar-refractivity contribution in [2.24, 2.45) is 0 Å². The number of carbonyl (C=O) groups excluding carboxylic acids is 1. The van der Waals surface area contributed by atoms with Crippen LogP contribution < -0.4 is 5.32 Å². The van der Waals surface area contributed by atoms with E-state index in [2.05, 4.69) is 20.3 Å². The molecule has 3 rings (SSSR count). The molecular weight excluding hydrogens is 292 g/mol. The summed E-state index contributed by atoms with van der Waals surface area (Å²) in [6.45, 7) is 5.74. The monoisotopic (exact) mass is 320 g/mol. The molecule has 0 radical (unpaired) electrons. The normalized spacial score (nSPS) is 20.6. The number of rotatable bonds is 5. The molecule has 2 saturated heterocycles. The Hall–Kier alpha value is -1.63. The predicted octanol–water partition coefficient (Wildman–Crippen LogP) is 1.33. The number of carbonyl (C=O) groups is 1. The molecule has 0 aliphatic carbocycles. The van der Waals surface area contributed by atoms with Gasteiger partial charge in [-0.05, 0) is 45.2 Å². The number of piperidine rings is 2. The van der Waals surface area contributed by atoms with Crippen LogP contribution >= 0.6 is 0 Å². The Bertz CT molecular complexity index is 463. The predicted molar refractivity (Wildman–Crippen MR) is 88.1 cm³/mol. The Balaban J connectivity index is 1.31. The molecule has 128 valence electrons. The Morgan fingerprint density at radius 3 is 2.61 bits per heavy atom. The van der Waals surface area contributed by atoms with E-state index >= 15 is 0 Å². The molecule has 7 nitrogen and oxygen atoms in total. The SMILES string of the molecule is O=C(NCCCn1cncn1)N1CCC(N2CCCCC2)CC1. The van der Waals surface area contributed by atoms with Gasteiger partial charge in [0.2, 0.25) is 0 Å². The minimum Gasteiger partial charge on any atom is -0.338 e. The van der Waals surface area contributed by atoms with Crippen LogP contribution in [0.2, 0.25) is 0 Å². The van der Waals surface area contributed by atoms with E-state index in [4.69, 9.17) is 0 Å². The second-order valence-corrected chi connectivity index (χ2v) is 6.56. The molecule has 23 heavy (non-hydrogen) atoms. The lowest BCUT2D eigenvalue weighted by molar-refractivity contribution is 0.101. The third-order valence-corrected chi connectivity index (χ3v) is 4.97. The van der Waals surface area contributed by atoms with E-state index in [9.17, 15) is 4.79 Å². The molecule has 0 spiro atoms. The quantitative estimate of drug-likeness (QED) is 0.831.